The van der Waals surface area contributed by atoms with Gasteiger partial charge >= 0.3 is 0 Å². The van der Waals surface area contributed by atoms with Crippen molar-refractivity contribution < 1.29 is 0 Å². The second-order valence-electron chi connectivity index (χ2n) is 5.54. The molecule has 0 bridgehead atoms. The molecule has 22 heavy (non-hydrogen) atoms. The molecule has 112 valence electrons. The number of hydrogen-bond donors (Lipinski definition) is 0. The normalized spacial score (nSPS) is 12.4. The molecular formula is C21H23N. The minimum Gasteiger partial charge on any atom is -0.248 e. The van der Waals surface area contributed by atoms with Gasteiger partial charge in [-0.25, -0.2) is 4.99 Å². The highest BCUT2D eigenvalue weighted by Gasteiger charge is 2.05. The summed E-state index contributed by atoms with van der Waals surface area (Å²) in [6, 6.07) is 14.8. The molecule has 0 heterocycles. The third-order valence-corrected chi connectivity index (χ3v) is 3.82. The van der Waals surface area contributed by atoms with Crippen LogP contribution in [0.5, 0.6) is 0 Å². The summed E-state index contributed by atoms with van der Waals surface area (Å²) in [5, 5.41) is 0. The highest BCUT2D eigenvalue weighted by Crippen LogP contribution is 2.20. The SMILES string of the molecule is C=C/C(=N\C(=C/C)c1cccc(C)c1)c1ccc(C)c(C)c1. The van der Waals surface area contributed by atoms with E-state index >= 15 is 0 Å². The third kappa shape index (κ3) is 3.62. The molecule has 2 aromatic rings. The molecule has 2 aromatic carbocycles. The molecule has 0 fully saturated rings. The third-order valence-electron chi connectivity index (χ3n) is 3.82. The first-order chi connectivity index (χ1) is 10.5. The second kappa shape index (κ2) is 7.04. The molecule has 1 heteroatoms. The van der Waals surface area contributed by atoms with E-state index in [-0.39, 0.29) is 0 Å². The van der Waals surface area contributed by atoms with Crippen molar-refractivity contribution in [3.8, 4) is 0 Å². The smallest absolute Gasteiger partial charge is 0.0703 e. The fraction of sp³-hybridized carbons (Fsp3) is 0.190. The monoisotopic (exact) mass is 289 g/mol. The fourth-order valence-corrected chi connectivity index (χ4v) is 2.36. The Morgan fingerprint density at radius 1 is 0.955 bits per heavy atom. The van der Waals surface area contributed by atoms with E-state index in [4.69, 9.17) is 4.99 Å². The maximum absolute atomic E-state index is 4.83. The van der Waals surface area contributed by atoms with E-state index in [1.54, 1.807) is 0 Å². The van der Waals surface area contributed by atoms with Crippen LogP contribution in [-0.4, -0.2) is 5.71 Å². The molecule has 0 aliphatic carbocycles. The van der Waals surface area contributed by atoms with Crippen molar-refractivity contribution in [2.24, 2.45) is 4.99 Å². The Balaban J connectivity index is 2.46. The largest absolute Gasteiger partial charge is 0.248 e. The molecule has 1 nitrogen and oxygen atoms in total. The van der Waals surface area contributed by atoms with Gasteiger partial charge in [-0.05, 0) is 57.0 Å². The molecule has 0 aliphatic heterocycles. The van der Waals surface area contributed by atoms with Gasteiger partial charge in [-0.2, -0.15) is 0 Å². The number of benzene rings is 2. The minimum atomic E-state index is 0.901. The van der Waals surface area contributed by atoms with Gasteiger partial charge in [0, 0.05) is 11.1 Å². The van der Waals surface area contributed by atoms with Crippen molar-refractivity contribution in [3.63, 3.8) is 0 Å². The van der Waals surface area contributed by atoms with Crippen LogP contribution < -0.4 is 0 Å². The second-order valence-corrected chi connectivity index (χ2v) is 5.54. The summed E-state index contributed by atoms with van der Waals surface area (Å²) >= 11 is 0. The van der Waals surface area contributed by atoms with Crippen LogP contribution in [-0.2, 0) is 0 Å². The molecule has 0 aliphatic rings. The quantitative estimate of drug-likeness (QED) is 0.645. The molecule has 0 unspecified atom stereocenters. The maximum atomic E-state index is 4.83. The number of rotatable bonds is 4. The minimum absolute atomic E-state index is 0.901. The van der Waals surface area contributed by atoms with E-state index < -0.39 is 0 Å². The Hall–Kier alpha value is -2.41. The molecule has 0 spiro atoms. The molecule has 0 aromatic heterocycles. The van der Waals surface area contributed by atoms with Gasteiger partial charge in [0.2, 0.25) is 0 Å². The lowest BCUT2D eigenvalue weighted by Gasteiger charge is -2.08. The van der Waals surface area contributed by atoms with Gasteiger partial charge in [-0.3, -0.25) is 0 Å². The number of hydrogen-bond acceptors (Lipinski definition) is 1. The maximum Gasteiger partial charge on any atom is 0.0703 e. The lowest BCUT2D eigenvalue weighted by atomic mass is 10.0. The number of aryl methyl sites for hydroxylation is 3. The molecule has 0 amide bonds. The van der Waals surface area contributed by atoms with Crippen molar-refractivity contribution in [2.75, 3.05) is 0 Å². The first kappa shape index (κ1) is 16.0. The van der Waals surface area contributed by atoms with Crippen LogP contribution in [0.15, 0.2) is 66.2 Å². The van der Waals surface area contributed by atoms with E-state index in [0.29, 0.717) is 0 Å². The van der Waals surface area contributed by atoms with Gasteiger partial charge in [0.1, 0.15) is 0 Å². The summed E-state index contributed by atoms with van der Waals surface area (Å²) in [7, 11) is 0. The van der Waals surface area contributed by atoms with Crippen molar-refractivity contribution in [1.82, 2.24) is 0 Å². The average molecular weight is 289 g/mol. The van der Waals surface area contributed by atoms with Crippen LogP contribution in [0.25, 0.3) is 5.70 Å². The lowest BCUT2D eigenvalue weighted by molar-refractivity contribution is 1.33. The van der Waals surface area contributed by atoms with E-state index in [9.17, 15) is 0 Å². The Bertz CT molecular complexity index is 748. The molecule has 0 saturated heterocycles. The van der Waals surface area contributed by atoms with Gasteiger partial charge in [-0.15, -0.1) is 0 Å². The molecular weight excluding hydrogens is 266 g/mol. The van der Waals surface area contributed by atoms with Crippen molar-refractivity contribution in [1.29, 1.82) is 0 Å². The van der Waals surface area contributed by atoms with Crippen LogP contribution in [0.4, 0.5) is 0 Å². The number of aliphatic imine (C=N–C) groups is 1. The van der Waals surface area contributed by atoms with Crippen molar-refractivity contribution in [2.45, 2.75) is 27.7 Å². The first-order valence-corrected chi connectivity index (χ1v) is 7.57. The Morgan fingerprint density at radius 2 is 1.73 bits per heavy atom. The van der Waals surface area contributed by atoms with E-state index in [0.717, 1.165) is 22.5 Å². The zero-order valence-electron chi connectivity index (χ0n) is 13.9. The van der Waals surface area contributed by atoms with Gasteiger partial charge in [0.25, 0.3) is 0 Å². The van der Waals surface area contributed by atoms with Gasteiger partial charge < -0.3 is 0 Å². The number of allylic oxidation sites excluding steroid dienone is 2. The highest BCUT2D eigenvalue weighted by atomic mass is 14.8. The Labute approximate surface area is 133 Å². The Kier molecular flexibility index (Phi) is 5.11. The van der Waals surface area contributed by atoms with Crippen LogP contribution >= 0.6 is 0 Å². The van der Waals surface area contributed by atoms with E-state index in [1.807, 2.05) is 19.1 Å². The summed E-state index contributed by atoms with van der Waals surface area (Å²) in [5.41, 5.74) is 7.89. The summed E-state index contributed by atoms with van der Waals surface area (Å²) in [5.74, 6) is 0. The summed E-state index contributed by atoms with van der Waals surface area (Å²) in [6.07, 6.45) is 3.86. The molecule has 0 N–H and O–H groups in total. The molecule has 0 saturated carbocycles. The topological polar surface area (TPSA) is 12.4 Å². The summed E-state index contributed by atoms with van der Waals surface area (Å²) in [6.45, 7) is 12.3. The van der Waals surface area contributed by atoms with Gasteiger partial charge in [0.15, 0.2) is 0 Å². The van der Waals surface area contributed by atoms with E-state index in [2.05, 4.69) is 69.8 Å². The van der Waals surface area contributed by atoms with Crippen LogP contribution in [0.3, 0.4) is 0 Å². The predicted molar refractivity (Wildman–Crippen MR) is 97.5 cm³/mol. The van der Waals surface area contributed by atoms with E-state index in [1.165, 1.54) is 16.7 Å². The lowest BCUT2D eigenvalue weighted by Crippen LogP contribution is -1.99. The van der Waals surface area contributed by atoms with Crippen LogP contribution in [0.1, 0.15) is 34.7 Å². The average Bonchev–Trinajstić information content (AvgIpc) is 2.51. The zero-order valence-corrected chi connectivity index (χ0v) is 13.9. The van der Waals surface area contributed by atoms with Crippen LogP contribution in [0, 0.1) is 20.8 Å². The van der Waals surface area contributed by atoms with Gasteiger partial charge in [-0.1, -0.05) is 48.6 Å². The molecule has 0 atom stereocenters. The standard InChI is InChI=1S/C21H23N/c1-6-20(18-10-8-9-15(3)13-18)22-21(7-2)19-12-11-16(4)17(5)14-19/h6-14H,2H2,1,3-5H3/b20-6-,22-21+. The van der Waals surface area contributed by atoms with Crippen LogP contribution in [0.2, 0.25) is 0 Å². The summed E-state index contributed by atoms with van der Waals surface area (Å²) in [4.78, 5) is 4.83. The first-order valence-electron chi connectivity index (χ1n) is 7.57. The van der Waals surface area contributed by atoms with Crippen molar-refractivity contribution in [3.05, 3.63) is 89.0 Å². The summed E-state index contributed by atoms with van der Waals surface area (Å²) < 4.78 is 0. The van der Waals surface area contributed by atoms with Crippen molar-refractivity contribution >= 4 is 11.4 Å². The number of nitrogens with zero attached hydrogens (tertiary/aromatic N) is 1. The van der Waals surface area contributed by atoms with Gasteiger partial charge in [0.05, 0.1) is 11.4 Å². The fourth-order valence-electron chi connectivity index (χ4n) is 2.36. The zero-order chi connectivity index (χ0) is 16.1. The highest BCUT2D eigenvalue weighted by molar-refractivity contribution is 6.10. The predicted octanol–water partition coefficient (Wildman–Crippen LogP) is 5.65. The molecule has 0 radical (unpaired) electrons. The molecule has 2 rings (SSSR count). The Morgan fingerprint density at radius 3 is 2.32 bits per heavy atom.